The lowest BCUT2D eigenvalue weighted by Gasteiger charge is -2.31. The molecule has 2 aromatic rings. The summed E-state index contributed by atoms with van der Waals surface area (Å²) < 4.78 is 14.5. The van der Waals surface area contributed by atoms with Crippen molar-refractivity contribution in [3.63, 3.8) is 0 Å². The number of nitrogens with zero attached hydrogens (tertiary/aromatic N) is 2. The molecule has 0 unspecified atom stereocenters. The average Bonchev–Trinajstić information content (AvgIpc) is 3.04. The van der Waals surface area contributed by atoms with Crippen LogP contribution >= 0.6 is 43.2 Å². The molecule has 3 rings (SSSR count). The number of rotatable bonds is 4. The van der Waals surface area contributed by atoms with Crippen molar-refractivity contribution in [2.24, 2.45) is 5.92 Å². The first kappa shape index (κ1) is 18.5. The number of aromatic nitrogens is 1. The second-order valence-electron chi connectivity index (χ2n) is 5.70. The number of anilines is 2. The van der Waals surface area contributed by atoms with Gasteiger partial charge in [-0.2, -0.15) is 0 Å². The van der Waals surface area contributed by atoms with Crippen molar-refractivity contribution in [1.82, 2.24) is 4.98 Å². The van der Waals surface area contributed by atoms with Crippen molar-refractivity contribution in [3.05, 3.63) is 38.5 Å². The summed E-state index contributed by atoms with van der Waals surface area (Å²) in [6, 6.07) is 4.31. The molecule has 1 fully saturated rings. The number of piperidine rings is 1. The Kier molecular flexibility index (Phi) is 5.85. The van der Waals surface area contributed by atoms with Gasteiger partial charge in [0.05, 0.1) is 14.5 Å². The predicted molar refractivity (Wildman–Crippen MR) is 105 cm³/mol. The Morgan fingerprint density at radius 1 is 1.36 bits per heavy atom. The highest BCUT2D eigenvalue weighted by Crippen LogP contribution is 2.30. The van der Waals surface area contributed by atoms with Gasteiger partial charge in [-0.1, -0.05) is 11.3 Å². The summed E-state index contributed by atoms with van der Waals surface area (Å²) in [4.78, 5) is 19.0. The lowest BCUT2D eigenvalue weighted by molar-refractivity contribution is -0.117. The third kappa shape index (κ3) is 4.45. The summed E-state index contributed by atoms with van der Waals surface area (Å²) in [6.45, 7) is 1.48. The van der Waals surface area contributed by atoms with Crippen LogP contribution in [-0.2, 0) is 4.79 Å². The van der Waals surface area contributed by atoms with Crippen molar-refractivity contribution in [3.8, 4) is 0 Å². The second-order valence-corrected chi connectivity index (χ2v) is 8.94. The van der Waals surface area contributed by atoms with E-state index in [1.165, 1.54) is 18.2 Å². The highest BCUT2D eigenvalue weighted by atomic mass is 79.9. The van der Waals surface area contributed by atoms with E-state index in [0.29, 0.717) is 23.0 Å². The van der Waals surface area contributed by atoms with E-state index in [4.69, 9.17) is 5.41 Å². The zero-order valence-electron chi connectivity index (χ0n) is 13.1. The molecule has 5 nitrogen and oxygen atoms in total. The molecule has 0 saturated carbocycles. The number of carbonyl (C=O) groups excluding carboxylic acids is 1. The smallest absolute Gasteiger partial charge is 0.200 e. The zero-order chi connectivity index (χ0) is 18.0. The topological polar surface area (TPSA) is 69.1 Å². The van der Waals surface area contributed by atoms with Gasteiger partial charge in [0.25, 0.3) is 0 Å². The fourth-order valence-electron chi connectivity index (χ4n) is 2.71. The molecule has 0 aliphatic carbocycles. The fourth-order valence-corrected chi connectivity index (χ4v) is 4.32. The summed E-state index contributed by atoms with van der Waals surface area (Å²) >= 11 is 8.07. The van der Waals surface area contributed by atoms with E-state index < -0.39 is 0 Å². The standard InChI is InChI=1S/C16H15Br2FN4OS/c17-11-7-10(1-2-12(11)19)22-15(20)14(24)9-3-5-23(6-4-9)16-21-8-13(18)25-16/h1-2,7-9H,3-6H2,(H2,20,22). The maximum absolute atomic E-state index is 13.3. The predicted octanol–water partition coefficient (Wildman–Crippen LogP) is 4.68. The van der Waals surface area contributed by atoms with Gasteiger partial charge in [-0.05, 0) is 62.9 Å². The summed E-state index contributed by atoms with van der Waals surface area (Å²) in [7, 11) is 0. The molecule has 2 heterocycles. The molecular weight excluding hydrogens is 475 g/mol. The molecule has 0 amide bonds. The highest BCUT2D eigenvalue weighted by molar-refractivity contribution is 9.11. The number of halogens is 3. The van der Waals surface area contributed by atoms with Crippen molar-refractivity contribution in [2.75, 3.05) is 23.3 Å². The normalized spacial score (nSPS) is 15.2. The Bertz CT molecular complexity index is 805. The molecule has 0 radical (unpaired) electrons. The molecule has 1 aromatic heterocycles. The van der Waals surface area contributed by atoms with Gasteiger partial charge in [-0.3, -0.25) is 10.2 Å². The third-order valence-electron chi connectivity index (χ3n) is 4.04. The molecule has 25 heavy (non-hydrogen) atoms. The van der Waals surface area contributed by atoms with Crippen LogP contribution in [0.1, 0.15) is 12.8 Å². The van der Waals surface area contributed by atoms with Gasteiger partial charge < -0.3 is 10.2 Å². The van der Waals surface area contributed by atoms with Crippen LogP contribution in [0, 0.1) is 17.1 Å². The molecule has 1 aliphatic rings. The molecule has 132 valence electrons. The molecule has 2 N–H and O–H groups in total. The maximum Gasteiger partial charge on any atom is 0.200 e. The van der Waals surface area contributed by atoms with Crippen molar-refractivity contribution < 1.29 is 9.18 Å². The molecule has 9 heteroatoms. The van der Waals surface area contributed by atoms with Gasteiger partial charge in [-0.15, -0.1) is 0 Å². The van der Waals surface area contributed by atoms with Crippen LogP contribution in [0.15, 0.2) is 32.7 Å². The number of thiazole rings is 1. The molecular formula is C16H15Br2FN4OS. The Morgan fingerprint density at radius 3 is 2.68 bits per heavy atom. The minimum absolute atomic E-state index is 0.158. The Labute approximate surface area is 165 Å². The van der Waals surface area contributed by atoms with Gasteiger partial charge in [0.15, 0.2) is 11.0 Å². The lowest BCUT2D eigenvalue weighted by atomic mass is 9.92. The average molecular weight is 490 g/mol. The summed E-state index contributed by atoms with van der Waals surface area (Å²) in [6.07, 6.45) is 3.15. The van der Waals surface area contributed by atoms with E-state index in [2.05, 4.69) is 47.1 Å². The number of hydrogen-bond acceptors (Lipinski definition) is 5. The van der Waals surface area contributed by atoms with Crippen molar-refractivity contribution >= 4 is 65.6 Å². The fraction of sp³-hybridized carbons (Fsp3) is 0.312. The Morgan fingerprint density at radius 2 is 2.08 bits per heavy atom. The Balaban J connectivity index is 1.56. The molecule has 0 bridgehead atoms. The summed E-state index contributed by atoms with van der Waals surface area (Å²) in [5, 5.41) is 11.7. The van der Waals surface area contributed by atoms with E-state index in [-0.39, 0.29) is 23.4 Å². The highest BCUT2D eigenvalue weighted by Gasteiger charge is 2.28. The number of amidine groups is 1. The van der Waals surface area contributed by atoms with Crippen LogP contribution < -0.4 is 10.2 Å². The van der Waals surface area contributed by atoms with Gasteiger partial charge in [0.1, 0.15) is 5.82 Å². The first-order valence-electron chi connectivity index (χ1n) is 7.65. The molecule has 1 saturated heterocycles. The number of benzene rings is 1. The molecule has 0 spiro atoms. The minimum Gasteiger partial charge on any atom is -0.348 e. The first-order valence-corrected chi connectivity index (χ1v) is 10.1. The number of hydrogen-bond donors (Lipinski definition) is 2. The van der Waals surface area contributed by atoms with Gasteiger partial charge in [0.2, 0.25) is 5.78 Å². The molecule has 0 atom stereocenters. The minimum atomic E-state index is -0.385. The van der Waals surface area contributed by atoms with E-state index in [1.54, 1.807) is 17.5 Å². The van der Waals surface area contributed by atoms with Crippen LogP contribution in [0.25, 0.3) is 0 Å². The van der Waals surface area contributed by atoms with E-state index in [1.807, 2.05) is 0 Å². The summed E-state index contributed by atoms with van der Waals surface area (Å²) in [5.74, 6) is -0.928. The van der Waals surface area contributed by atoms with Crippen LogP contribution in [0.4, 0.5) is 15.2 Å². The number of ketones is 1. The van der Waals surface area contributed by atoms with Crippen molar-refractivity contribution in [2.45, 2.75) is 12.8 Å². The number of Topliss-reactive ketones (excluding diaryl/α,β-unsaturated/α-hetero) is 1. The van der Waals surface area contributed by atoms with E-state index in [0.717, 1.165) is 22.0 Å². The third-order valence-corrected chi connectivity index (χ3v) is 6.18. The molecule has 1 aromatic carbocycles. The molecule has 1 aliphatic heterocycles. The van der Waals surface area contributed by atoms with Crippen LogP contribution in [-0.4, -0.2) is 29.7 Å². The summed E-state index contributed by atoms with van der Waals surface area (Å²) in [5.41, 5.74) is 0.511. The SMILES string of the molecule is N=C(Nc1ccc(F)c(Br)c1)C(=O)C1CCN(c2ncc(Br)s2)CC1. The Hall–Kier alpha value is -1.32. The van der Waals surface area contributed by atoms with Crippen LogP contribution in [0.5, 0.6) is 0 Å². The van der Waals surface area contributed by atoms with Crippen molar-refractivity contribution in [1.29, 1.82) is 5.41 Å². The number of nitrogens with one attached hydrogen (secondary N) is 2. The monoisotopic (exact) mass is 488 g/mol. The number of carbonyl (C=O) groups is 1. The van der Waals surface area contributed by atoms with Crippen LogP contribution in [0.3, 0.4) is 0 Å². The van der Waals surface area contributed by atoms with Gasteiger partial charge in [-0.25, -0.2) is 9.37 Å². The lowest BCUT2D eigenvalue weighted by Crippen LogP contribution is -2.39. The van der Waals surface area contributed by atoms with Crippen LogP contribution in [0.2, 0.25) is 0 Å². The largest absolute Gasteiger partial charge is 0.348 e. The van der Waals surface area contributed by atoms with E-state index in [9.17, 15) is 9.18 Å². The van der Waals surface area contributed by atoms with E-state index >= 15 is 0 Å². The second kappa shape index (κ2) is 7.92. The maximum atomic E-state index is 13.3. The van der Waals surface area contributed by atoms with Gasteiger partial charge in [0, 0.05) is 24.7 Å². The van der Waals surface area contributed by atoms with Gasteiger partial charge >= 0.3 is 0 Å². The zero-order valence-corrected chi connectivity index (χ0v) is 17.0. The quantitative estimate of drug-likeness (QED) is 0.483. The first-order chi connectivity index (χ1) is 11.9.